The molecule has 2 saturated heterocycles. The Balaban J connectivity index is 1.85. The van der Waals surface area contributed by atoms with Gasteiger partial charge in [0.1, 0.15) is 0 Å². The van der Waals surface area contributed by atoms with E-state index in [2.05, 4.69) is 37.9 Å². The molecular formula is C16H30N2O. The summed E-state index contributed by atoms with van der Waals surface area (Å²) in [4.78, 5) is 14.6. The molecule has 0 aromatic carbocycles. The van der Waals surface area contributed by atoms with E-state index < -0.39 is 0 Å². The Bertz CT molecular complexity index is 313. The highest BCUT2D eigenvalue weighted by molar-refractivity contribution is 5.82. The molecule has 19 heavy (non-hydrogen) atoms. The van der Waals surface area contributed by atoms with Crippen molar-refractivity contribution < 1.29 is 4.79 Å². The number of carbonyl (C=O) groups excluding carboxylic acids is 1. The lowest BCUT2D eigenvalue weighted by atomic mass is 9.75. The Morgan fingerprint density at radius 3 is 2.32 bits per heavy atom. The van der Waals surface area contributed by atoms with Gasteiger partial charge in [-0.1, -0.05) is 27.7 Å². The van der Waals surface area contributed by atoms with Gasteiger partial charge in [-0.05, 0) is 49.5 Å². The number of likely N-dealkylation sites (tertiary alicyclic amines) is 1. The van der Waals surface area contributed by atoms with Crippen LogP contribution in [0.2, 0.25) is 0 Å². The normalized spacial score (nSPS) is 30.4. The summed E-state index contributed by atoms with van der Waals surface area (Å²) in [6, 6.07) is 0.0786. The van der Waals surface area contributed by atoms with E-state index in [-0.39, 0.29) is 6.04 Å². The first kappa shape index (κ1) is 14.8. The molecule has 2 aliphatic rings. The molecule has 0 bridgehead atoms. The smallest absolute Gasteiger partial charge is 0.239 e. The first-order chi connectivity index (χ1) is 8.88. The summed E-state index contributed by atoms with van der Waals surface area (Å²) in [5, 5.41) is 3.40. The molecule has 3 nitrogen and oxygen atoms in total. The van der Waals surface area contributed by atoms with Gasteiger partial charge in [0.15, 0.2) is 0 Å². The van der Waals surface area contributed by atoms with Crippen molar-refractivity contribution in [2.45, 2.75) is 59.4 Å². The van der Waals surface area contributed by atoms with Gasteiger partial charge < -0.3 is 10.2 Å². The number of rotatable bonds is 1. The zero-order valence-electron chi connectivity index (χ0n) is 13.0. The van der Waals surface area contributed by atoms with Crippen LogP contribution in [0, 0.1) is 17.3 Å². The van der Waals surface area contributed by atoms with E-state index in [9.17, 15) is 4.79 Å². The van der Waals surface area contributed by atoms with Gasteiger partial charge in [0.25, 0.3) is 0 Å². The summed E-state index contributed by atoms with van der Waals surface area (Å²) >= 11 is 0. The van der Waals surface area contributed by atoms with Crippen LogP contribution in [0.4, 0.5) is 0 Å². The lowest BCUT2D eigenvalue weighted by Crippen LogP contribution is -2.52. The van der Waals surface area contributed by atoms with Crippen LogP contribution in [0.25, 0.3) is 0 Å². The predicted octanol–water partition coefficient (Wildman–Crippen LogP) is 2.66. The molecule has 2 unspecified atom stereocenters. The van der Waals surface area contributed by atoms with Crippen LogP contribution in [-0.4, -0.2) is 36.5 Å². The summed E-state index contributed by atoms with van der Waals surface area (Å²) in [7, 11) is 0. The predicted molar refractivity (Wildman–Crippen MR) is 78.9 cm³/mol. The molecule has 3 heteroatoms. The van der Waals surface area contributed by atoms with Crippen molar-refractivity contribution in [3.05, 3.63) is 0 Å². The maximum Gasteiger partial charge on any atom is 0.239 e. The van der Waals surface area contributed by atoms with Crippen molar-refractivity contribution in [3.63, 3.8) is 0 Å². The Morgan fingerprint density at radius 1 is 1.16 bits per heavy atom. The van der Waals surface area contributed by atoms with Gasteiger partial charge in [-0.3, -0.25) is 4.79 Å². The molecule has 0 radical (unpaired) electrons. The highest BCUT2D eigenvalue weighted by Crippen LogP contribution is 2.34. The van der Waals surface area contributed by atoms with Crippen LogP contribution in [0.15, 0.2) is 0 Å². The van der Waals surface area contributed by atoms with Crippen molar-refractivity contribution in [1.29, 1.82) is 0 Å². The van der Waals surface area contributed by atoms with Crippen molar-refractivity contribution in [1.82, 2.24) is 10.2 Å². The SMILES string of the molecule is CC1CCNC(C(=O)N2CCC(C(C)(C)C)CC2)C1. The maximum absolute atomic E-state index is 12.5. The third-order valence-electron chi connectivity index (χ3n) is 5.00. The van der Waals surface area contributed by atoms with Crippen LogP contribution >= 0.6 is 0 Å². The Labute approximate surface area is 118 Å². The fraction of sp³-hybridized carbons (Fsp3) is 0.938. The average molecular weight is 266 g/mol. The van der Waals surface area contributed by atoms with E-state index in [0.29, 0.717) is 17.2 Å². The van der Waals surface area contributed by atoms with E-state index >= 15 is 0 Å². The van der Waals surface area contributed by atoms with Crippen LogP contribution in [-0.2, 0) is 4.79 Å². The second kappa shape index (κ2) is 5.82. The van der Waals surface area contributed by atoms with E-state index in [1.165, 1.54) is 6.42 Å². The minimum Gasteiger partial charge on any atom is -0.341 e. The van der Waals surface area contributed by atoms with Crippen LogP contribution in [0.5, 0.6) is 0 Å². The van der Waals surface area contributed by atoms with E-state index in [1.54, 1.807) is 0 Å². The van der Waals surface area contributed by atoms with Crippen LogP contribution in [0.1, 0.15) is 53.4 Å². The molecule has 0 spiro atoms. The van der Waals surface area contributed by atoms with Gasteiger partial charge in [-0.25, -0.2) is 0 Å². The van der Waals surface area contributed by atoms with Crippen LogP contribution < -0.4 is 5.32 Å². The summed E-state index contributed by atoms with van der Waals surface area (Å²) in [5.41, 5.74) is 0.382. The second-order valence-electron chi connectivity index (χ2n) is 7.60. The highest BCUT2D eigenvalue weighted by atomic mass is 16.2. The molecule has 2 aliphatic heterocycles. The zero-order valence-corrected chi connectivity index (χ0v) is 13.0. The number of amides is 1. The minimum atomic E-state index is 0.0786. The molecule has 2 heterocycles. The average Bonchev–Trinajstić information content (AvgIpc) is 2.37. The molecule has 0 aromatic heterocycles. The zero-order chi connectivity index (χ0) is 14.0. The first-order valence-corrected chi connectivity index (χ1v) is 7.90. The second-order valence-corrected chi connectivity index (χ2v) is 7.60. The summed E-state index contributed by atoms with van der Waals surface area (Å²) in [6.07, 6.45) is 4.54. The molecular weight excluding hydrogens is 236 g/mol. The molecule has 0 aliphatic carbocycles. The standard InChI is InChI=1S/C16H30N2O/c1-12-5-8-17-14(11-12)15(19)18-9-6-13(7-10-18)16(2,3)4/h12-14,17H,5-11H2,1-4H3. The van der Waals surface area contributed by atoms with Gasteiger partial charge in [0.05, 0.1) is 6.04 Å². The highest BCUT2D eigenvalue weighted by Gasteiger charge is 2.33. The Kier molecular flexibility index (Phi) is 4.54. The monoisotopic (exact) mass is 266 g/mol. The van der Waals surface area contributed by atoms with Crippen molar-refractivity contribution >= 4 is 5.91 Å². The van der Waals surface area contributed by atoms with Gasteiger partial charge in [-0.15, -0.1) is 0 Å². The van der Waals surface area contributed by atoms with Crippen LogP contribution in [0.3, 0.4) is 0 Å². The molecule has 1 amide bonds. The molecule has 1 N–H and O–H groups in total. The maximum atomic E-state index is 12.5. The minimum absolute atomic E-state index is 0.0786. The van der Waals surface area contributed by atoms with Gasteiger partial charge >= 0.3 is 0 Å². The summed E-state index contributed by atoms with van der Waals surface area (Å²) in [6.45, 7) is 12.1. The summed E-state index contributed by atoms with van der Waals surface area (Å²) < 4.78 is 0. The topological polar surface area (TPSA) is 32.3 Å². The van der Waals surface area contributed by atoms with Gasteiger partial charge in [0, 0.05) is 13.1 Å². The molecule has 2 fully saturated rings. The third-order valence-corrected chi connectivity index (χ3v) is 5.00. The molecule has 0 saturated carbocycles. The first-order valence-electron chi connectivity index (χ1n) is 7.90. The summed E-state index contributed by atoms with van der Waals surface area (Å²) in [5.74, 6) is 1.79. The lowest BCUT2D eigenvalue weighted by Gasteiger charge is -2.40. The fourth-order valence-corrected chi connectivity index (χ4v) is 3.48. The lowest BCUT2D eigenvalue weighted by molar-refractivity contribution is -0.136. The number of carbonyl (C=O) groups is 1. The largest absolute Gasteiger partial charge is 0.341 e. The molecule has 110 valence electrons. The number of hydrogen-bond acceptors (Lipinski definition) is 2. The number of nitrogens with one attached hydrogen (secondary N) is 1. The number of piperidine rings is 2. The van der Waals surface area contributed by atoms with Gasteiger partial charge in [0.2, 0.25) is 5.91 Å². The van der Waals surface area contributed by atoms with Crippen molar-refractivity contribution in [2.75, 3.05) is 19.6 Å². The number of hydrogen-bond donors (Lipinski definition) is 1. The van der Waals surface area contributed by atoms with Gasteiger partial charge in [-0.2, -0.15) is 0 Å². The van der Waals surface area contributed by atoms with Crippen molar-refractivity contribution in [3.8, 4) is 0 Å². The Hall–Kier alpha value is -0.570. The third kappa shape index (κ3) is 3.71. The number of nitrogens with zero attached hydrogens (tertiary/aromatic N) is 1. The Morgan fingerprint density at radius 2 is 1.79 bits per heavy atom. The quantitative estimate of drug-likeness (QED) is 0.791. The molecule has 2 atom stereocenters. The molecule has 2 rings (SSSR count). The fourth-order valence-electron chi connectivity index (χ4n) is 3.48. The van der Waals surface area contributed by atoms with E-state index in [1.807, 2.05) is 0 Å². The van der Waals surface area contributed by atoms with E-state index in [0.717, 1.165) is 44.8 Å². The van der Waals surface area contributed by atoms with Crippen molar-refractivity contribution in [2.24, 2.45) is 17.3 Å². The van der Waals surface area contributed by atoms with E-state index in [4.69, 9.17) is 0 Å². The molecule has 0 aromatic rings.